The first-order chi connectivity index (χ1) is 9.67. The first-order valence-corrected chi connectivity index (χ1v) is 8.00. The van der Waals surface area contributed by atoms with Gasteiger partial charge in [0.1, 0.15) is 0 Å². The Kier molecular flexibility index (Phi) is 3.92. The van der Waals surface area contributed by atoms with Crippen molar-refractivity contribution >= 4 is 11.3 Å². The van der Waals surface area contributed by atoms with Crippen LogP contribution >= 0.6 is 11.3 Å². The van der Waals surface area contributed by atoms with Gasteiger partial charge in [0, 0.05) is 28.4 Å². The van der Waals surface area contributed by atoms with Crippen molar-refractivity contribution in [2.75, 3.05) is 6.61 Å². The Labute approximate surface area is 124 Å². The minimum absolute atomic E-state index is 0.108. The third kappa shape index (κ3) is 2.80. The van der Waals surface area contributed by atoms with Crippen LogP contribution < -0.4 is 5.32 Å². The number of benzene rings is 1. The van der Waals surface area contributed by atoms with Crippen LogP contribution in [0.2, 0.25) is 0 Å². The summed E-state index contributed by atoms with van der Waals surface area (Å²) in [7, 11) is 0. The van der Waals surface area contributed by atoms with E-state index in [0.717, 1.165) is 19.6 Å². The summed E-state index contributed by atoms with van der Waals surface area (Å²) >= 11 is 1.87. The molecule has 0 radical (unpaired) electrons. The fourth-order valence-corrected chi connectivity index (χ4v) is 3.54. The standard InChI is InChI=1S/C17H21NOS/c1-13-17(2,10-11-19-13)18-12-15-8-9-16(20-15)14-6-4-3-5-7-14/h3-9,13,18H,10-12H2,1-2H3. The first-order valence-electron chi connectivity index (χ1n) is 7.18. The summed E-state index contributed by atoms with van der Waals surface area (Å²) in [5.74, 6) is 0. The Bertz CT molecular complexity index is 565. The summed E-state index contributed by atoms with van der Waals surface area (Å²) < 4.78 is 5.67. The molecule has 3 rings (SSSR count). The molecular weight excluding hydrogens is 266 g/mol. The Balaban J connectivity index is 1.66. The fraction of sp³-hybridized carbons (Fsp3) is 0.412. The summed E-state index contributed by atoms with van der Waals surface area (Å²) in [6.45, 7) is 6.20. The number of rotatable bonds is 4. The van der Waals surface area contributed by atoms with Crippen molar-refractivity contribution in [3.05, 3.63) is 47.3 Å². The molecule has 0 amide bonds. The molecule has 2 heterocycles. The summed E-state index contributed by atoms with van der Waals surface area (Å²) in [5, 5.41) is 3.67. The van der Waals surface area contributed by atoms with Gasteiger partial charge < -0.3 is 10.1 Å². The van der Waals surface area contributed by atoms with Crippen LogP contribution in [0.5, 0.6) is 0 Å². The van der Waals surface area contributed by atoms with Crippen LogP contribution in [-0.4, -0.2) is 18.2 Å². The predicted molar refractivity (Wildman–Crippen MR) is 85.0 cm³/mol. The van der Waals surface area contributed by atoms with E-state index in [2.05, 4.69) is 61.6 Å². The zero-order valence-electron chi connectivity index (χ0n) is 12.1. The van der Waals surface area contributed by atoms with E-state index in [1.54, 1.807) is 0 Å². The molecule has 1 aromatic carbocycles. The van der Waals surface area contributed by atoms with Gasteiger partial charge in [-0.25, -0.2) is 0 Å². The van der Waals surface area contributed by atoms with Crippen molar-refractivity contribution in [1.82, 2.24) is 5.32 Å². The van der Waals surface area contributed by atoms with E-state index >= 15 is 0 Å². The minimum atomic E-state index is 0.108. The van der Waals surface area contributed by atoms with Gasteiger partial charge in [-0.15, -0.1) is 11.3 Å². The second kappa shape index (κ2) is 5.68. The highest BCUT2D eigenvalue weighted by atomic mass is 32.1. The monoisotopic (exact) mass is 287 g/mol. The molecule has 0 aliphatic carbocycles. The van der Waals surface area contributed by atoms with Gasteiger partial charge in [-0.2, -0.15) is 0 Å². The molecule has 1 aliphatic heterocycles. The summed E-state index contributed by atoms with van der Waals surface area (Å²) in [5.41, 5.74) is 1.41. The Morgan fingerprint density at radius 1 is 1.25 bits per heavy atom. The van der Waals surface area contributed by atoms with Crippen LogP contribution in [0.15, 0.2) is 42.5 Å². The van der Waals surface area contributed by atoms with Crippen molar-refractivity contribution in [3.63, 3.8) is 0 Å². The summed E-state index contributed by atoms with van der Waals surface area (Å²) in [4.78, 5) is 2.72. The van der Waals surface area contributed by atoms with E-state index in [0.29, 0.717) is 0 Å². The number of hydrogen-bond donors (Lipinski definition) is 1. The van der Waals surface area contributed by atoms with E-state index in [9.17, 15) is 0 Å². The molecule has 1 aliphatic rings. The average Bonchev–Trinajstić information content (AvgIpc) is 3.06. The molecule has 1 aromatic heterocycles. The maximum atomic E-state index is 5.67. The fourth-order valence-electron chi connectivity index (χ4n) is 2.59. The topological polar surface area (TPSA) is 21.3 Å². The molecule has 1 saturated heterocycles. The van der Waals surface area contributed by atoms with Gasteiger partial charge in [0.05, 0.1) is 6.10 Å². The Hall–Kier alpha value is -1.16. The van der Waals surface area contributed by atoms with E-state index in [1.165, 1.54) is 15.3 Å². The molecule has 2 unspecified atom stereocenters. The summed E-state index contributed by atoms with van der Waals surface area (Å²) in [6, 6.07) is 15.0. The molecule has 0 saturated carbocycles. The summed E-state index contributed by atoms with van der Waals surface area (Å²) in [6.07, 6.45) is 1.38. The van der Waals surface area contributed by atoms with Gasteiger partial charge in [-0.1, -0.05) is 30.3 Å². The van der Waals surface area contributed by atoms with Crippen LogP contribution in [-0.2, 0) is 11.3 Å². The molecule has 2 nitrogen and oxygen atoms in total. The Morgan fingerprint density at radius 3 is 2.75 bits per heavy atom. The lowest BCUT2D eigenvalue weighted by Gasteiger charge is -2.28. The van der Waals surface area contributed by atoms with Gasteiger partial charge in [-0.05, 0) is 38.0 Å². The number of hydrogen-bond acceptors (Lipinski definition) is 3. The molecular formula is C17H21NOS. The maximum Gasteiger partial charge on any atom is 0.0726 e. The van der Waals surface area contributed by atoms with Crippen molar-refractivity contribution in [2.45, 2.75) is 38.5 Å². The Morgan fingerprint density at radius 2 is 2.05 bits per heavy atom. The lowest BCUT2D eigenvalue weighted by molar-refractivity contribution is 0.0882. The normalized spacial score (nSPS) is 26.0. The average molecular weight is 287 g/mol. The molecule has 106 valence electrons. The quantitative estimate of drug-likeness (QED) is 0.915. The molecule has 1 N–H and O–H groups in total. The van der Waals surface area contributed by atoms with E-state index in [1.807, 2.05) is 11.3 Å². The first kappa shape index (κ1) is 13.8. The maximum absolute atomic E-state index is 5.67. The van der Waals surface area contributed by atoms with Crippen molar-refractivity contribution in [3.8, 4) is 10.4 Å². The van der Waals surface area contributed by atoms with Gasteiger partial charge >= 0.3 is 0 Å². The number of nitrogens with one attached hydrogen (secondary N) is 1. The highest BCUT2D eigenvalue weighted by Gasteiger charge is 2.36. The van der Waals surface area contributed by atoms with Crippen molar-refractivity contribution in [2.24, 2.45) is 0 Å². The minimum Gasteiger partial charge on any atom is -0.377 e. The van der Waals surface area contributed by atoms with Gasteiger partial charge in [0.2, 0.25) is 0 Å². The van der Waals surface area contributed by atoms with Gasteiger partial charge in [0.25, 0.3) is 0 Å². The molecule has 3 heteroatoms. The molecule has 20 heavy (non-hydrogen) atoms. The molecule has 2 aromatic rings. The molecule has 1 fully saturated rings. The largest absolute Gasteiger partial charge is 0.377 e. The van der Waals surface area contributed by atoms with Crippen LogP contribution in [0.4, 0.5) is 0 Å². The van der Waals surface area contributed by atoms with Crippen molar-refractivity contribution in [1.29, 1.82) is 0 Å². The molecule has 0 bridgehead atoms. The lowest BCUT2D eigenvalue weighted by Crippen LogP contribution is -2.47. The van der Waals surface area contributed by atoms with E-state index < -0.39 is 0 Å². The third-order valence-corrected chi connectivity index (χ3v) is 5.41. The van der Waals surface area contributed by atoms with Crippen LogP contribution in [0.3, 0.4) is 0 Å². The van der Waals surface area contributed by atoms with Gasteiger partial charge in [0.15, 0.2) is 0 Å². The van der Waals surface area contributed by atoms with E-state index in [4.69, 9.17) is 4.74 Å². The van der Waals surface area contributed by atoms with Crippen LogP contribution in [0.25, 0.3) is 10.4 Å². The zero-order chi connectivity index (χ0) is 14.0. The molecule has 2 atom stereocenters. The zero-order valence-corrected chi connectivity index (χ0v) is 12.9. The molecule has 0 spiro atoms. The highest BCUT2D eigenvalue weighted by Crippen LogP contribution is 2.30. The van der Waals surface area contributed by atoms with Crippen LogP contribution in [0, 0.1) is 0 Å². The predicted octanol–water partition coefficient (Wildman–Crippen LogP) is 4.07. The smallest absolute Gasteiger partial charge is 0.0726 e. The SMILES string of the molecule is CC1OCCC1(C)NCc1ccc(-c2ccccc2)s1. The van der Waals surface area contributed by atoms with Gasteiger partial charge in [-0.3, -0.25) is 0 Å². The number of ether oxygens (including phenoxy) is 1. The third-order valence-electron chi connectivity index (χ3n) is 4.27. The van der Waals surface area contributed by atoms with Crippen LogP contribution in [0.1, 0.15) is 25.1 Å². The number of thiophene rings is 1. The van der Waals surface area contributed by atoms with Crippen molar-refractivity contribution < 1.29 is 4.74 Å². The lowest BCUT2D eigenvalue weighted by atomic mass is 9.95. The van der Waals surface area contributed by atoms with E-state index in [-0.39, 0.29) is 11.6 Å². The second-order valence-corrected chi connectivity index (χ2v) is 6.83. The highest BCUT2D eigenvalue weighted by molar-refractivity contribution is 7.15. The second-order valence-electron chi connectivity index (χ2n) is 5.67.